The van der Waals surface area contributed by atoms with Gasteiger partial charge in [-0.1, -0.05) is 0 Å². The largest absolute Gasteiger partial charge is 0.352 e. The fourth-order valence-electron chi connectivity index (χ4n) is 2.75. The lowest BCUT2D eigenvalue weighted by atomic mass is 9.84. The highest BCUT2D eigenvalue weighted by Gasteiger charge is 2.19. The number of hydrogen-bond acceptors (Lipinski definition) is 3. The van der Waals surface area contributed by atoms with Gasteiger partial charge in [-0.15, -0.1) is 0 Å². The highest BCUT2D eigenvalue weighted by Crippen LogP contribution is 2.26. The summed E-state index contributed by atoms with van der Waals surface area (Å²) in [4.78, 5) is 13.9. The fourth-order valence-corrected chi connectivity index (χ4v) is 2.75. The van der Waals surface area contributed by atoms with Crippen molar-refractivity contribution in [3.05, 3.63) is 0 Å². The minimum absolute atomic E-state index is 0.194. The Morgan fingerprint density at radius 3 is 2.50 bits per heavy atom. The third-order valence-electron chi connectivity index (χ3n) is 3.72. The summed E-state index contributed by atoms with van der Waals surface area (Å²) >= 11 is 0. The van der Waals surface area contributed by atoms with Crippen LogP contribution >= 0.6 is 0 Å². The molecule has 1 aliphatic rings. The maximum atomic E-state index is 11.8. The van der Waals surface area contributed by atoms with Crippen molar-refractivity contribution in [2.45, 2.75) is 57.5 Å². The van der Waals surface area contributed by atoms with Crippen LogP contribution in [0.5, 0.6) is 0 Å². The molecule has 0 heterocycles. The van der Waals surface area contributed by atoms with Crippen LogP contribution in [0.4, 0.5) is 0 Å². The van der Waals surface area contributed by atoms with Gasteiger partial charge >= 0.3 is 0 Å². The number of hydrogen-bond donors (Lipinski definition) is 2. The quantitative estimate of drug-likeness (QED) is 0.753. The van der Waals surface area contributed by atoms with Gasteiger partial charge in [-0.2, -0.15) is 0 Å². The van der Waals surface area contributed by atoms with Gasteiger partial charge in [-0.25, -0.2) is 0 Å². The first-order valence-corrected chi connectivity index (χ1v) is 7.17. The summed E-state index contributed by atoms with van der Waals surface area (Å²) in [6.45, 7) is 2.95. The van der Waals surface area contributed by atoms with E-state index in [9.17, 15) is 4.79 Å². The molecule has 0 aromatic heterocycles. The van der Waals surface area contributed by atoms with Gasteiger partial charge in [0.15, 0.2) is 0 Å². The number of nitrogens with zero attached hydrogens (tertiary/aromatic N) is 1. The van der Waals surface area contributed by atoms with Gasteiger partial charge in [0.05, 0.1) is 0 Å². The van der Waals surface area contributed by atoms with E-state index >= 15 is 0 Å². The van der Waals surface area contributed by atoms with Crippen molar-refractivity contribution < 1.29 is 4.79 Å². The highest BCUT2D eigenvalue weighted by molar-refractivity contribution is 5.76. The van der Waals surface area contributed by atoms with Crippen molar-refractivity contribution in [1.29, 1.82) is 0 Å². The molecule has 0 bridgehead atoms. The van der Waals surface area contributed by atoms with Crippen molar-refractivity contribution in [3.8, 4) is 0 Å². The zero-order valence-electron chi connectivity index (χ0n) is 12.1. The Labute approximate surface area is 111 Å². The predicted octanol–water partition coefficient (Wildman–Crippen LogP) is 1.35. The molecule has 0 aromatic carbocycles. The highest BCUT2D eigenvalue weighted by atomic mass is 16.1. The Hall–Kier alpha value is -0.610. The zero-order valence-corrected chi connectivity index (χ0v) is 12.1. The number of likely N-dealkylation sites (N-methyl/N-ethyl adjacent to an activating group) is 1. The van der Waals surface area contributed by atoms with Crippen LogP contribution in [0.1, 0.15) is 45.4 Å². The van der Waals surface area contributed by atoms with Gasteiger partial charge in [-0.05, 0) is 59.0 Å². The second kappa shape index (κ2) is 7.74. The summed E-state index contributed by atoms with van der Waals surface area (Å²) in [5.41, 5.74) is 5.88. The van der Waals surface area contributed by atoms with Crippen molar-refractivity contribution in [3.63, 3.8) is 0 Å². The summed E-state index contributed by atoms with van der Waals surface area (Å²) < 4.78 is 0. The van der Waals surface area contributed by atoms with E-state index in [0.29, 0.717) is 18.4 Å². The first-order chi connectivity index (χ1) is 8.47. The molecule has 1 saturated carbocycles. The van der Waals surface area contributed by atoms with Gasteiger partial charge in [0.25, 0.3) is 0 Å². The Kier molecular flexibility index (Phi) is 6.65. The number of amides is 1. The molecule has 0 saturated heterocycles. The van der Waals surface area contributed by atoms with Crippen LogP contribution in [0.25, 0.3) is 0 Å². The lowest BCUT2D eigenvalue weighted by molar-refractivity contribution is -0.122. The van der Waals surface area contributed by atoms with E-state index in [2.05, 4.69) is 17.1 Å². The Balaban J connectivity index is 2.13. The van der Waals surface area contributed by atoms with E-state index in [4.69, 9.17) is 5.73 Å². The molecule has 1 unspecified atom stereocenters. The second-order valence-electron chi connectivity index (χ2n) is 6.05. The summed E-state index contributed by atoms with van der Waals surface area (Å²) in [6.07, 6.45) is 6.33. The van der Waals surface area contributed by atoms with Crippen molar-refractivity contribution in [2.75, 3.05) is 20.6 Å². The smallest absolute Gasteiger partial charge is 0.220 e. The van der Waals surface area contributed by atoms with Crippen LogP contribution in [-0.2, 0) is 4.79 Å². The summed E-state index contributed by atoms with van der Waals surface area (Å²) in [7, 11) is 4.04. The molecule has 0 aliphatic heterocycles. The van der Waals surface area contributed by atoms with Crippen LogP contribution in [0.2, 0.25) is 0 Å². The molecule has 1 aliphatic carbocycles. The Bertz CT molecular complexity index is 247. The van der Waals surface area contributed by atoms with Crippen molar-refractivity contribution >= 4 is 5.91 Å². The third-order valence-corrected chi connectivity index (χ3v) is 3.72. The Morgan fingerprint density at radius 1 is 1.33 bits per heavy atom. The SMILES string of the molecule is CC(CN(C)C)NC(=O)CCC1CCC(N)CC1. The predicted molar refractivity (Wildman–Crippen MR) is 75.3 cm³/mol. The number of carbonyl (C=O) groups excluding carboxylic acids is 1. The molecule has 0 aromatic rings. The van der Waals surface area contributed by atoms with Crippen molar-refractivity contribution in [1.82, 2.24) is 10.2 Å². The number of nitrogens with two attached hydrogens (primary N) is 1. The molecule has 1 rings (SSSR count). The molecule has 1 amide bonds. The number of nitrogens with one attached hydrogen (secondary N) is 1. The first-order valence-electron chi connectivity index (χ1n) is 7.17. The third kappa shape index (κ3) is 6.36. The maximum absolute atomic E-state index is 11.8. The summed E-state index contributed by atoms with van der Waals surface area (Å²) in [5, 5.41) is 3.05. The number of rotatable bonds is 6. The fraction of sp³-hybridized carbons (Fsp3) is 0.929. The van der Waals surface area contributed by atoms with E-state index in [-0.39, 0.29) is 11.9 Å². The lowest BCUT2D eigenvalue weighted by Gasteiger charge is -2.26. The molecule has 3 N–H and O–H groups in total. The van der Waals surface area contributed by atoms with E-state index < -0.39 is 0 Å². The van der Waals surface area contributed by atoms with Gasteiger partial charge in [-0.3, -0.25) is 4.79 Å². The van der Waals surface area contributed by atoms with E-state index in [1.807, 2.05) is 14.1 Å². The maximum Gasteiger partial charge on any atom is 0.220 e. The zero-order chi connectivity index (χ0) is 13.5. The van der Waals surface area contributed by atoms with Gasteiger partial charge in [0.2, 0.25) is 5.91 Å². The van der Waals surface area contributed by atoms with Crippen LogP contribution in [0.15, 0.2) is 0 Å². The van der Waals surface area contributed by atoms with Crippen LogP contribution in [0, 0.1) is 5.92 Å². The Morgan fingerprint density at radius 2 is 1.94 bits per heavy atom. The topological polar surface area (TPSA) is 58.4 Å². The molecular weight excluding hydrogens is 226 g/mol. The molecule has 4 heteroatoms. The average Bonchev–Trinajstić information content (AvgIpc) is 2.27. The summed E-state index contributed by atoms with van der Waals surface area (Å²) in [6, 6.07) is 0.627. The molecule has 1 fully saturated rings. The molecule has 0 radical (unpaired) electrons. The minimum atomic E-state index is 0.194. The molecule has 1 atom stereocenters. The standard InChI is InChI=1S/C14H29N3O/c1-11(10-17(2)3)16-14(18)9-6-12-4-7-13(15)8-5-12/h11-13H,4-10,15H2,1-3H3,(H,16,18). The molecule has 0 spiro atoms. The number of carbonyl (C=O) groups is 1. The van der Waals surface area contributed by atoms with Gasteiger partial charge in [0.1, 0.15) is 0 Å². The average molecular weight is 255 g/mol. The molecule has 106 valence electrons. The van der Waals surface area contributed by atoms with E-state index in [1.165, 1.54) is 12.8 Å². The first kappa shape index (κ1) is 15.4. The summed E-state index contributed by atoms with van der Waals surface area (Å²) in [5.74, 6) is 0.902. The monoisotopic (exact) mass is 255 g/mol. The lowest BCUT2D eigenvalue weighted by Crippen LogP contribution is -2.39. The molecule has 4 nitrogen and oxygen atoms in total. The van der Waals surface area contributed by atoms with E-state index in [0.717, 1.165) is 25.8 Å². The molecule has 18 heavy (non-hydrogen) atoms. The normalized spacial score (nSPS) is 26.1. The van der Waals surface area contributed by atoms with Gasteiger partial charge in [0, 0.05) is 25.0 Å². The van der Waals surface area contributed by atoms with Crippen LogP contribution in [0.3, 0.4) is 0 Å². The second-order valence-corrected chi connectivity index (χ2v) is 6.05. The molecular formula is C14H29N3O. The van der Waals surface area contributed by atoms with Gasteiger partial charge < -0.3 is 16.0 Å². The minimum Gasteiger partial charge on any atom is -0.352 e. The van der Waals surface area contributed by atoms with Crippen LogP contribution < -0.4 is 11.1 Å². The van der Waals surface area contributed by atoms with Crippen LogP contribution in [-0.4, -0.2) is 43.5 Å². The van der Waals surface area contributed by atoms with Crippen molar-refractivity contribution in [2.24, 2.45) is 11.7 Å². The van der Waals surface area contributed by atoms with E-state index in [1.54, 1.807) is 0 Å².